The zero-order chi connectivity index (χ0) is 11.5. The molecule has 2 aromatic rings. The molecule has 0 atom stereocenters. The van der Waals surface area contributed by atoms with Gasteiger partial charge in [-0.3, -0.25) is 4.79 Å². The van der Waals surface area contributed by atoms with Crippen LogP contribution in [0.3, 0.4) is 0 Å². The first-order valence-corrected chi connectivity index (χ1v) is 6.29. The number of benzene rings is 1. The van der Waals surface area contributed by atoms with Crippen molar-refractivity contribution >= 4 is 33.4 Å². The Kier molecular flexibility index (Phi) is 3.60. The molecule has 0 amide bonds. The second-order valence-electron chi connectivity index (χ2n) is 3.69. The molecule has 0 bridgehead atoms. The monoisotopic (exact) mass is 328 g/mol. The molecule has 2 rings (SSSR count). The highest BCUT2D eigenvalue weighted by atomic mass is 127. The molecule has 16 heavy (non-hydrogen) atoms. The van der Waals surface area contributed by atoms with Crippen molar-refractivity contribution in [2.24, 2.45) is 5.73 Å². The van der Waals surface area contributed by atoms with E-state index in [0.29, 0.717) is 13.1 Å². The Morgan fingerprint density at radius 2 is 2.12 bits per heavy atom. The van der Waals surface area contributed by atoms with E-state index in [9.17, 15) is 4.79 Å². The molecule has 4 heteroatoms. The average Bonchev–Trinajstić information content (AvgIpc) is 2.28. The van der Waals surface area contributed by atoms with Gasteiger partial charge in [-0.25, -0.2) is 0 Å². The van der Waals surface area contributed by atoms with Gasteiger partial charge < -0.3 is 10.3 Å². The van der Waals surface area contributed by atoms with Crippen molar-refractivity contribution in [3.63, 3.8) is 0 Å². The highest BCUT2D eigenvalue weighted by Crippen LogP contribution is 2.13. The van der Waals surface area contributed by atoms with E-state index in [1.165, 1.54) is 0 Å². The largest absolute Gasteiger partial charge is 0.330 e. The molecule has 0 saturated heterocycles. The van der Waals surface area contributed by atoms with Crippen molar-refractivity contribution in [3.05, 3.63) is 44.4 Å². The van der Waals surface area contributed by atoms with Crippen LogP contribution in [0.15, 0.2) is 35.3 Å². The van der Waals surface area contributed by atoms with E-state index < -0.39 is 0 Å². The Balaban J connectivity index is 2.53. The maximum absolute atomic E-state index is 12.1. The number of pyridine rings is 1. The molecule has 0 fully saturated rings. The van der Waals surface area contributed by atoms with E-state index in [4.69, 9.17) is 5.73 Å². The van der Waals surface area contributed by atoms with Crippen LogP contribution in [0.1, 0.15) is 6.42 Å². The van der Waals surface area contributed by atoms with Gasteiger partial charge in [0.2, 0.25) is 0 Å². The third kappa shape index (κ3) is 2.27. The summed E-state index contributed by atoms with van der Waals surface area (Å²) in [7, 11) is 0. The molecule has 0 aliphatic heterocycles. The van der Waals surface area contributed by atoms with Gasteiger partial charge in [0.15, 0.2) is 0 Å². The van der Waals surface area contributed by atoms with E-state index >= 15 is 0 Å². The molecule has 0 unspecified atom stereocenters. The van der Waals surface area contributed by atoms with Gasteiger partial charge in [-0.2, -0.15) is 0 Å². The Bertz CT molecular complexity index is 562. The lowest BCUT2D eigenvalue weighted by Crippen LogP contribution is -2.20. The van der Waals surface area contributed by atoms with Gasteiger partial charge in [0.25, 0.3) is 5.56 Å². The van der Waals surface area contributed by atoms with E-state index in [2.05, 4.69) is 22.6 Å². The lowest BCUT2D eigenvalue weighted by atomic mass is 10.2. The van der Waals surface area contributed by atoms with Crippen LogP contribution in [0.25, 0.3) is 10.8 Å². The summed E-state index contributed by atoms with van der Waals surface area (Å²) in [4.78, 5) is 12.1. The first kappa shape index (κ1) is 11.6. The van der Waals surface area contributed by atoms with Gasteiger partial charge in [0.05, 0.1) is 0 Å². The minimum Gasteiger partial charge on any atom is -0.330 e. The molecule has 1 aromatic carbocycles. The minimum absolute atomic E-state index is 0.0716. The molecule has 1 heterocycles. The zero-order valence-electron chi connectivity index (χ0n) is 8.82. The van der Waals surface area contributed by atoms with E-state index in [-0.39, 0.29) is 5.56 Å². The third-order valence-corrected chi connectivity index (χ3v) is 3.21. The van der Waals surface area contributed by atoms with Crippen molar-refractivity contribution < 1.29 is 0 Å². The normalized spacial score (nSPS) is 10.9. The molecule has 84 valence electrons. The molecular formula is C12H13IN2O. The van der Waals surface area contributed by atoms with Gasteiger partial charge >= 0.3 is 0 Å². The number of rotatable bonds is 3. The topological polar surface area (TPSA) is 48.0 Å². The predicted octanol–water partition coefficient (Wildman–Crippen LogP) is 1.95. The number of aryl methyl sites for hydroxylation is 1. The summed E-state index contributed by atoms with van der Waals surface area (Å²) in [6.07, 6.45) is 2.67. The molecule has 0 spiro atoms. The Morgan fingerprint density at radius 3 is 2.88 bits per heavy atom. The quantitative estimate of drug-likeness (QED) is 0.876. The summed E-state index contributed by atoms with van der Waals surface area (Å²) in [5.74, 6) is 0. The lowest BCUT2D eigenvalue weighted by molar-refractivity contribution is 0.634. The van der Waals surface area contributed by atoms with E-state index in [1.54, 1.807) is 4.57 Å². The Morgan fingerprint density at radius 1 is 1.31 bits per heavy atom. The van der Waals surface area contributed by atoms with Crippen molar-refractivity contribution in [2.75, 3.05) is 6.54 Å². The number of nitrogens with two attached hydrogens (primary N) is 1. The standard InChI is InChI=1S/C12H13IN2O/c13-10-2-3-11-9(8-10)4-7-15(12(11)16)6-1-5-14/h2-4,7-8H,1,5-6,14H2. The molecule has 1 aromatic heterocycles. The number of halogens is 1. The summed E-state index contributed by atoms with van der Waals surface area (Å²) in [6.45, 7) is 1.30. The van der Waals surface area contributed by atoms with Crippen LogP contribution < -0.4 is 11.3 Å². The van der Waals surface area contributed by atoms with Crippen LogP contribution in [-0.4, -0.2) is 11.1 Å². The van der Waals surface area contributed by atoms with Crippen LogP contribution >= 0.6 is 22.6 Å². The van der Waals surface area contributed by atoms with Crippen LogP contribution in [0.2, 0.25) is 0 Å². The summed E-state index contributed by atoms with van der Waals surface area (Å²) < 4.78 is 2.87. The van der Waals surface area contributed by atoms with Crippen molar-refractivity contribution in [1.29, 1.82) is 0 Å². The molecule has 0 aliphatic carbocycles. The fraction of sp³-hybridized carbons (Fsp3) is 0.250. The maximum Gasteiger partial charge on any atom is 0.258 e. The molecule has 0 aliphatic rings. The van der Waals surface area contributed by atoms with Crippen molar-refractivity contribution in [2.45, 2.75) is 13.0 Å². The van der Waals surface area contributed by atoms with Gasteiger partial charge in [-0.15, -0.1) is 0 Å². The SMILES string of the molecule is NCCCn1ccc2cc(I)ccc2c1=O. The fourth-order valence-corrected chi connectivity index (χ4v) is 2.21. The predicted molar refractivity (Wildman–Crippen MR) is 74.6 cm³/mol. The van der Waals surface area contributed by atoms with E-state index in [1.807, 2.05) is 30.5 Å². The maximum atomic E-state index is 12.1. The Labute approximate surface area is 107 Å². The smallest absolute Gasteiger partial charge is 0.258 e. The second kappa shape index (κ2) is 4.97. The van der Waals surface area contributed by atoms with Crippen LogP contribution in [0, 0.1) is 3.57 Å². The Hall–Kier alpha value is -0.880. The number of hydrogen-bond acceptors (Lipinski definition) is 2. The van der Waals surface area contributed by atoms with E-state index in [0.717, 1.165) is 20.8 Å². The van der Waals surface area contributed by atoms with Crippen LogP contribution in [0.5, 0.6) is 0 Å². The highest BCUT2D eigenvalue weighted by molar-refractivity contribution is 14.1. The minimum atomic E-state index is 0.0716. The highest BCUT2D eigenvalue weighted by Gasteiger charge is 2.02. The number of aromatic nitrogens is 1. The molecule has 3 nitrogen and oxygen atoms in total. The van der Waals surface area contributed by atoms with Crippen molar-refractivity contribution in [3.8, 4) is 0 Å². The first-order valence-electron chi connectivity index (χ1n) is 5.21. The molecule has 0 saturated carbocycles. The van der Waals surface area contributed by atoms with Crippen molar-refractivity contribution in [1.82, 2.24) is 4.57 Å². The van der Waals surface area contributed by atoms with Gasteiger partial charge in [0, 0.05) is 21.7 Å². The van der Waals surface area contributed by atoms with Gasteiger partial charge in [0.1, 0.15) is 0 Å². The van der Waals surface area contributed by atoms with Crippen LogP contribution in [0.4, 0.5) is 0 Å². The number of hydrogen-bond donors (Lipinski definition) is 1. The molecule has 2 N–H and O–H groups in total. The van der Waals surface area contributed by atoms with Crippen LogP contribution in [-0.2, 0) is 6.54 Å². The second-order valence-corrected chi connectivity index (χ2v) is 4.93. The first-order chi connectivity index (χ1) is 7.72. The molecular weight excluding hydrogens is 315 g/mol. The average molecular weight is 328 g/mol. The lowest BCUT2D eigenvalue weighted by Gasteiger charge is -2.06. The summed E-state index contributed by atoms with van der Waals surface area (Å²) in [5.41, 5.74) is 5.51. The summed E-state index contributed by atoms with van der Waals surface area (Å²) in [6, 6.07) is 7.84. The molecule has 0 radical (unpaired) electrons. The zero-order valence-corrected chi connectivity index (χ0v) is 11.0. The fourth-order valence-electron chi connectivity index (χ4n) is 1.70. The summed E-state index contributed by atoms with van der Waals surface area (Å²) in [5, 5.41) is 1.78. The summed E-state index contributed by atoms with van der Waals surface area (Å²) >= 11 is 2.25. The number of fused-ring (bicyclic) bond motifs is 1. The number of nitrogens with zero attached hydrogens (tertiary/aromatic N) is 1. The van der Waals surface area contributed by atoms with Gasteiger partial charge in [-0.05, 0) is 65.2 Å². The third-order valence-electron chi connectivity index (χ3n) is 2.54. The van der Waals surface area contributed by atoms with Gasteiger partial charge in [-0.1, -0.05) is 0 Å².